The lowest BCUT2D eigenvalue weighted by Crippen LogP contribution is -2.41. The highest BCUT2D eigenvalue weighted by molar-refractivity contribution is 6.76. The van der Waals surface area contributed by atoms with Gasteiger partial charge in [-0.1, -0.05) is 19.6 Å². The highest BCUT2D eigenvalue weighted by Crippen LogP contribution is 2.37. The molecule has 0 atom stereocenters. The highest BCUT2D eigenvalue weighted by Gasteiger charge is 2.52. The third kappa shape index (κ3) is 4.99. The predicted octanol–water partition coefficient (Wildman–Crippen LogP) is 4.30. The molecule has 158 valence electrons. The minimum atomic E-state index is -1.16. The van der Waals surface area contributed by atoms with E-state index in [0.29, 0.717) is 13.3 Å². The fourth-order valence-corrected chi connectivity index (χ4v) is 3.85. The number of halogens is 1. The highest BCUT2D eigenvalue weighted by atomic mass is 28.3. The Bertz CT molecular complexity index is 831. The topological polar surface area (TPSA) is 45.5 Å². The summed E-state index contributed by atoms with van der Waals surface area (Å²) in [6, 6.07) is 7.49. The van der Waals surface area contributed by atoms with Crippen molar-refractivity contribution in [3.05, 3.63) is 36.3 Å². The summed E-state index contributed by atoms with van der Waals surface area (Å²) < 4.78 is 33.7. The minimum Gasteiger partial charge on any atom is -0.399 e. The molecule has 0 bridgehead atoms. The molecule has 1 aliphatic rings. The first-order valence-corrected chi connectivity index (χ1v) is 13.9. The predicted molar refractivity (Wildman–Crippen MR) is 117 cm³/mol. The van der Waals surface area contributed by atoms with Crippen molar-refractivity contribution in [1.82, 2.24) is 9.78 Å². The summed E-state index contributed by atoms with van der Waals surface area (Å²) in [5.41, 5.74) is 1.60. The van der Waals surface area contributed by atoms with Crippen LogP contribution in [0, 0.1) is 5.82 Å². The second-order valence-electron chi connectivity index (χ2n) is 9.89. The summed E-state index contributed by atoms with van der Waals surface area (Å²) in [4.78, 5) is 0. The number of hydrogen-bond donors (Lipinski definition) is 0. The second-order valence-corrected chi connectivity index (χ2v) is 15.5. The smallest absolute Gasteiger partial charge is 0.399 e. The molecule has 0 N–H and O–H groups in total. The van der Waals surface area contributed by atoms with Gasteiger partial charge < -0.3 is 14.0 Å². The number of benzene rings is 1. The number of hydrogen-bond acceptors (Lipinski definition) is 4. The van der Waals surface area contributed by atoms with E-state index in [2.05, 4.69) is 24.7 Å². The van der Waals surface area contributed by atoms with E-state index in [1.165, 1.54) is 12.1 Å². The zero-order chi connectivity index (χ0) is 21.4. The number of rotatable bonds is 7. The molecule has 8 heteroatoms. The van der Waals surface area contributed by atoms with Crippen molar-refractivity contribution in [3.63, 3.8) is 0 Å². The van der Waals surface area contributed by atoms with Gasteiger partial charge in [0.2, 0.25) is 0 Å². The Morgan fingerprint density at radius 2 is 1.66 bits per heavy atom. The van der Waals surface area contributed by atoms with Gasteiger partial charge in [-0.3, -0.25) is 0 Å². The Morgan fingerprint density at radius 1 is 1.07 bits per heavy atom. The average Bonchev–Trinajstić information content (AvgIpc) is 3.10. The second kappa shape index (κ2) is 7.98. The first kappa shape index (κ1) is 22.2. The Morgan fingerprint density at radius 3 is 2.21 bits per heavy atom. The fraction of sp³-hybridized carbons (Fsp3) is 0.571. The molecule has 29 heavy (non-hydrogen) atoms. The first-order chi connectivity index (χ1) is 13.4. The maximum atomic E-state index is 13.5. The summed E-state index contributed by atoms with van der Waals surface area (Å²) >= 11 is 0. The van der Waals surface area contributed by atoms with Crippen LogP contribution in [-0.2, 0) is 20.8 Å². The Labute approximate surface area is 174 Å². The van der Waals surface area contributed by atoms with Crippen LogP contribution in [0.4, 0.5) is 4.39 Å². The van der Waals surface area contributed by atoms with Gasteiger partial charge in [0.15, 0.2) is 0 Å². The van der Waals surface area contributed by atoms with Crippen LogP contribution in [0.1, 0.15) is 27.7 Å². The molecule has 1 aromatic heterocycles. The SMILES string of the molecule is CC1(C)OB(c2cnn(COCC[Si](C)(C)C)c2-c2ccc(F)cc2)OC1(C)C. The molecule has 1 saturated heterocycles. The zero-order valence-electron chi connectivity index (χ0n) is 18.6. The lowest BCUT2D eigenvalue weighted by Gasteiger charge is -2.32. The average molecular weight is 418 g/mol. The van der Waals surface area contributed by atoms with Gasteiger partial charge in [0.1, 0.15) is 12.5 Å². The van der Waals surface area contributed by atoms with Crippen LogP contribution in [0.15, 0.2) is 30.5 Å². The van der Waals surface area contributed by atoms with Crippen molar-refractivity contribution < 1.29 is 18.4 Å². The van der Waals surface area contributed by atoms with Crippen LogP contribution >= 0.6 is 0 Å². The molecule has 1 fully saturated rings. The molecule has 2 aromatic rings. The van der Waals surface area contributed by atoms with E-state index in [9.17, 15) is 4.39 Å². The maximum absolute atomic E-state index is 13.5. The quantitative estimate of drug-likeness (QED) is 0.497. The monoisotopic (exact) mass is 418 g/mol. The minimum absolute atomic E-state index is 0.275. The Kier molecular flexibility index (Phi) is 6.11. The van der Waals surface area contributed by atoms with Gasteiger partial charge in [-0.15, -0.1) is 0 Å². The first-order valence-electron chi connectivity index (χ1n) is 10.1. The Balaban J connectivity index is 1.89. The van der Waals surface area contributed by atoms with Crippen LogP contribution < -0.4 is 5.46 Å². The standard InChI is InChI=1S/C21H32BFN2O3Si/c1-20(2)21(3,4)28-22(27-20)18-14-24-25(15-26-12-13-29(5,6)7)19(18)16-8-10-17(23)11-9-16/h8-11,14H,12-13,15H2,1-7H3. The molecule has 1 aromatic carbocycles. The molecule has 0 saturated carbocycles. The van der Waals surface area contributed by atoms with Crippen molar-refractivity contribution in [3.8, 4) is 11.3 Å². The van der Waals surface area contributed by atoms with Gasteiger partial charge in [-0.25, -0.2) is 9.07 Å². The van der Waals surface area contributed by atoms with Gasteiger partial charge in [-0.2, -0.15) is 5.10 Å². The van der Waals surface area contributed by atoms with Crippen LogP contribution in [0.5, 0.6) is 0 Å². The summed E-state index contributed by atoms with van der Waals surface area (Å²) in [7, 11) is -1.71. The Hall–Kier alpha value is -1.48. The third-order valence-corrected chi connectivity index (χ3v) is 7.41. The van der Waals surface area contributed by atoms with Gasteiger partial charge in [0, 0.05) is 26.3 Å². The molecule has 0 aliphatic carbocycles. The number of ether oxygens (including phenoxy) is 1. The lowest BCUT2D eigenvalue weighted by molar-refractivity contribution is 0.00578. The molecule has 0 amide bonds. The van der Waals surface area contributed by atoms with Gasteiger partial charge in [0.25, 0.3) is 0 Å². The summed E-state index contributed by atoms with van der Waals surface area (Å²) in [5.74, 6) is -0.275. The largest absolute Gasteiger partial charge is 0.498 e. The normalized spacial score (nSPS) is 18.4. The lowest BCUT2D eigenvalue weighted by atomic mass is 9.78. The van der Waals surface area contributed by atoms with Gasteiger partial charge in [-0.05, 0) is 63.6 Å². The summed E-state index contributed by atoms with van der Waals surface area (Å²) in [6.45, 7) is 16.1. The van der Waals surface area contributed by atoms with E-state index < -0.39 is 26.4 Å². The molecular formula is C21H32BFN2O3Si. The van der Waals surface area contributed by atoms with E-state index in [1.54, 1.807) is 23.0 Å². The van der Waals surface area contributed by atoms with Crippen molar-refractivity contribution in [2.75, 3.05) is 6.61 Å². The van der Waals surface area contributed by atoms with Crippen molar-refractivity contribution >= 4 is 20.7 Å². The molecule has 1 aliphatic heterocycles. The maximum Gasteiger partial charge on any atom is 0.498 e. The van der Waals surface area contributed by atoms with Crippen LogP contribution in [0.3, 0.4) is 0 Å². The molecule has 5 nitrogen and oxygen atoms in total. The molecule has 0 spiro atoms. The van der Waals surface area contributed by atoms with Crippen molar-refractivity contribution in [2.24, 2.45) is 0 Å². The molecule has 0 unspecified atom stereocenters. The van der Waals surface area contributed by atoms with Gasteiger partial charge in [0.05, 0.1) is 16.9 Å². The summed E-state index contributed by atoms with van der Waals surface area (Å²) in [5, 5.41) is 4.54. The summed E-state index contributed by atoms with van der Waals surface area (Å²) in [6.07, 6.45) is 1.77. The number of nitrogens with zero attached hydrogens (tertiary/aromatic N) is 2. The van der Waals surface area contributed by atoms with Crippen molar-refractivity contribution in [1.29, 1.82) is 0 Å². The molecular weight excluding hydrogens is 386 g/mol. The van der Waals surface area contributed by atoms with Gasteiger partial charge >= 0.3 is 7.12 Å². The van der Waals surface area contributed by atoms with Crippen LogP contribution in [-0.4, -0.2) is 42.8 Å². The van der Waals surface area contributed by atoms with E-state index in [1.807, 2.05) is 27.7 Å². The molecule has 0 radical (unpaired) electrons. The molecule has 3 rings (SSSR count). The van der Waals surface area contributed by atoms with E-state index in [0.717, 1.165) is 22.8 Å². The van der Waals surface area contributed by atoms with Crippen LogP contribution in [0.2, 0.25) is 25.7 Å². The third-order valence-electron chi connectivity index (χ3n) is 5.70. The van der Waals surface area contributed by atoms with E-state index in [-0.39, 0.29) is 5.82 Å². The zero-order valence-corrected chi connectivity index (χ0v) is 19.6. The fourth-order valence-electron chi connectivity index (χ4n) is 3.09. The van der Waals surface area contributed by atoms with E-state index >= 15 is 0 Å². The molecule has 2 heterocycles. The van der Waals surface area contributed by atoms with Crippen LogP contribution in [0.25, 0.3) is 11.3 Å². The number of aromatic nitrogens is 2. The van der Waals surface area contributed by atoms with E-state index in [4.69, 9.17) is 14.0 Å². The van der Waals surface area contributed by atoms with Crippen molar-refractivity contribution in [2.45, 2.75) is 71.3 Å².